The number of thioether (sulfide) groups is 1. The highest BCUT2D eigenvalue weighted by atomic mass is 32.2. The van der Waals surface area contributed by atoms with Gasteiger partial charge in [-0.2, -0.15) is 0 Å². The van der Waals surface area contributed by atoms with Crippen LogP contribution in [0.3, 0.4) is 0 Å². The fourth-order valence-corrected chi connectivity index (χ4v) is 3.34. The summed E-state index contributed by atoms with van der Waals surface area (Å²) in [5, 5.41) is 14.6. The van der Waals surface area contributed by atoms with E-state index in [2.05, 4.69) is 20.8 Å². The number of nitrogens with zero attached hydrogens (tertiary/aromatic N) is 3. The van der Waals surface area contributed by atoms with Crippen LogP contribution in [0.5, 0.6) is 5.75 Å². The van der Waals surface area contributed by atoms with E-state index >= 15 is 0 Å². The highest BCUT2D eigenvalue weighted by molar-refractivity contribution is 7.99. The summed E-state index contributed by atoms with van der Waals surface area (Å²) in [5.41, 5.74) is 2.21. The normalized spacial score (nSPS) is 10.4. The van der Waals surface area contributed by atoms with Crippen molar-refractivity contribution in [2.75, 3.05) is 23.5 Å². The van der Waals surface area contributed by atoms with E-state index in [1.165, 1.54) is 18.7 Å². The first-order valence-electron chi connectivity index (χ1n) is 8.80. The standard InChI is InChI=1S/C20H21N5O3S/c1-13(26)21-16-6-4-5-14(11-16)19-23-24-20(25(19)2)29-12-18(27)22-15-7-9-17(28-3)10-8-15/h4-11H,12H2,1-3H3,(H,21,26)(H,22,27). The van der Waals surface area contributed by atoms with Crippen LogP contribution in [0.25, 0.3) is 11.4 Å². The molecule has 3 aromatic rings. The first-order chi connectivity index (χ1) is 14.0. The van der Waals surface area contributed by atoms with Gasteiger partial charge in [0.25, 0.3) is 0 Å². The fourth-order valence-electron chi connectivity index (χ4n) is 2.63. The second-order valence-electron chi connectivity index (χ2n) is 6.19. The molecular weight excluding hydrogens is 390 g/mol. The molecule has 1 heterocycles. The third-order valence-electron chi connectivity index (χ3n) is 3.98. The van der Waals surface area contributed by atoms with E-state index in [0.29, 0.717) is 22.4 Å². The zero-order valence-corrected chi connectivity index (χ0v) is 17.1. The van der Waals surface area contributed by atoms with Crippen LogP contribution in [-0.4, -0.2) is 39.4 Å². The lowest BCUT2D eigenvalue weighted by Gasteiger charge is -2.07. The molecule has 8 nitrogen and oxygen atoms in total. The van der Waals surface area contributed by atoms with Gasteiger partial charge < -0.3 is 19.9 Å². The Hall–Kier alpha value is -3.33. The van der Waals surface area contributed by atoms with Crippen LogP contribution in [-0.2, 0) is 16.6 Å². The number of anilines is 2. The molecule has 2 N–H and O–H groups in total. The lowest BCUT2D eigenvalue weighted by atomic mass is 10.2. The number of amides is 2. The molecule has 150 valence electrons. The van der Waals surface area contributed by atoms with Gasteiger partial charge in [-0.3, -0.25) is 9.59 Å². The van der Waals surface area contributed by atoms with E-state index in [0.717, 1.165) is 11.3 Å². The van der Waals surface area contributed by atoms with Crippen molar-refractivity contribution in [3.63, 3.8) is 0 Å². The monoisotopic (exact) mass is 411 g/mol. The average molecular weight is 411 g/mol. The largest absolute Gasteiger partial charge is 0.497 e. The van der Waals surface area contributed by atoms with Gasteiger partial charge in [0, 0.05) is 30.9 Å². The van der Waals surface area contributed by atoms with Crippen LogP contribution < -0.4 is 15.4 Å². The minimum absolute atomic E-state index is 0.140. The van der Waals surface area contributed by atoms with Crippen LogP contribution in [0.4, 0.5) is 11.4 Å². The molecule has 1 aromatic heterocycles. The van der Waals surface area contributed by atoms with Crippen LogP contribution in [0.2, 0.25) is 0 Å². The zero-order chi connectivity index (χ0) is 20.8. The molecule has 2 amide bonds. The molecule has 0 atom stereocenters. The Kier molecular flexibility index (Phi) is 6.50. The number of nitrogens with one attached hydrogen (secondary N) is 2. The third kappa shape index (κ3) is 5.35. The molecule has 29 heavy (non-hydrogen) atoms. The Morgan fingerprint density at radius 3 is 2.52 bits per heavy atom. The summed E-state index contributed by atoms with van der Waals surface area (Å²) >= 11 is 1.30. The van der Waals surface area contributed by atoms with E-state index < -0.39 is 0 Å². The topological polar surface area (TPSA) is 98.1 Å². The molecule has 0 unspecified atom stereocenters. The molecule has 0 spiro atoms. The third-order valence-corrected chi connectivity index (χ3v) is 5.00. The van der Waals surface area contributed by atoms with Crippen LogP contribution in [0, 0.1) is 0 Å². The quantitative estimate of drug-likeness (QED) is 0.580. The predicted octanol–water partition coefficient (Wildman–Crippen LogP) is 3.18. The van der Waals surface area contributed by atoms with Crippen LogP contribution >= 0.6 is 11.8 Å². The van der Waals surface area contributed by atoms with Gasteiger partial charge >= 0.3 is 0 Å². The van der Waals surface area contributed by atoms with Crippen molar-refractivity contribution in [2.45, 2.75) is 12.1 Å². The zero-order valence-electron chi connectivity index (χ0n) is 16.3. The number of aromatic nitrogens is 3. The lowest BCUT2D eigenvalue weighted by molar-refractivity contribution is -0.114. The van der Waals surface area contributed by atoms with Crippen molar-refractivity contribution >= 4 is 35.0 Å². The molecule has 0 aliphatic carbocycles. The molecule has 0 radical (unpaired) electrons. The lowest BCUT2D eigenvalue weighted by Crippen LogP contribution is -2.14. The molecule has 9 heteroatoms. The molecule has 0 saturated heterocycles. The summed E-state index contributed by atoms with van der Waals surface area (Å²) in [7, 11) is 3.43. The summed E-state index contributed by atoms with van der Waals surface area (Å²) in [6.45, 7) is 1.46. The highest BCUT2D eigenvalue weighted by Crippen LogP contribution is 2.25. The molecular formula is C20H21N5O3S. The van der Waals surface area contributed by atoms with Crippen molar-refractivity contribution in [3.8, 4) is 17.1 Å². The Morgan fingerprint density at radius 1 is 1.07 bits per heavy atom. The molecule has 0 saturated carbocycles. The number of rotatable bonds is 7. The van der Waals surface area contributed by atoms with Gasteiger partial charge in [-0.1, -0.05) is 23.9 Å². The molecule has 2 aromatic carbocycles. The Bertz CT molecular complexity index is 1020. The van der Waals surface area contributed by atoms with E-state index in [1.54, 1.807) is 37.4 Å². The smallest absolute Gasteiger partial charge is 0.234 e. The second kappa shape index (κ2) is 9.24. The second-order valence-corrected chi connectivity index (χ2v) is 7.14. The number of methoxy groups -OCH3 is 1. The summed E-state index contributed by atoms with van der Waals surface area (Å²) in [6, 6.07) is 14.5. The average Bonchev–Trinajstić information content (AvgIpc) is 3.07. The van der Waals surface area contributed by atoms with Crippen molar-refractivity contribution < 1.29 is 14.3 Å². The number of hydrogen-bond donors (Lipinski definition) is 2. The molecule has 0 fully saturated rings. The van der Waals surface area contributed by atoms with E-state index in [-0.39, 0.29) is 17.6 Å². The maximum atomic E-state index is 12.2. The number of carbonyl (C=O) groups is 2. The van der Waals surface area contributed by atoms with Gasteiger partial charge in [-0.15, -0.1) is 10.2 Å². The number of carbonyl (C=O) groups excluding carboxylic acids is 2. The molecule has 0 bridgehead atoms. The Labute approximate surface area is 172 Å². The fraction of sp³-hybridized carbons (Fsp3) is 0.200. The minimum atomic E-state index is -0.141. The van der Waals surface area contributed by atoms with Crippen molar-refractivity contribution in [2.24, 2.45) is 7.05 Å². The molecule has 0 aliphatic heterocycles. The number of hydrogen-bond acceptors (Lipinski definition) is 6. The van der Waals surface area contributed by atoms with Crippen molar-refractivity contribution in [1.82, 2.24) is 14.8 Å². The van der Waals surface area contributed by atoms with Gasteiger partial charge in [-0.05, 0) is 36.4 Å². The van der Waals surface area contributed by atoms with Gasteiger partial charge in [0.05, 0.1) is 12.9 Å². The molecule has 0 aliphatic rings. The van der Waals surface area contributed by atoms with Crippen molar-refractivity contribution in [3.05, 3.63) is 48.5 Å². The highest BCUT2D eigenvalue weighted by Gasteiger charge is 2.13. The summed E-state index contributed by atoms with van der Waals surface area (Å²) < 4.78 is 6.92. The van der Waals surface area contributed by atoms with Crippen LogP contribution in [0.15, 0.2) is 53.7 Å². The van der Waals surface area contributed by atoms with Crippen molar-refractivity contribution in [1.29, 1.82) is 0 Å². The number of ether oxygens (including phenoxy) is 1. The molecule has 3 rings (SSSR count). The SMILES string of the molecule is COc1ccc(NC(=O)CSc2nnc(-c3cccc(NC(C)=O)c3)n2C)cc1. The van der Waals surface area contributed by atoms with Gasteiger partial charge in [0.2, 0.25) is 11.8 Å². The van der Waals surface area contributed by atoms with Crippen LogP contribution in [0.1, 0.15) is 6.92 Å². The van der Waals surface area contributed by atoms with Gasteiger partial charge in [0.1, 0.15) is 5.75 Å². The minimum Gasteiger partial charge on any atom is -0.497 e. The maximum Gasteiger partial charge on any atom is 0.234 e. The van der Waals surface area contributed by atoms with E-state index in [4.69, 9.17) is 4.74 Å². The van der Waals surface area contributed by atoms with E-state index in [9.17, 15) is 9.59 Å². The maximum absolute atomic E-state index is 12.2. The Balaban J connectivity index is 1.63. The first kappa shape index (κ1) is 20.4. The van der Waals surface area contributed by atoms with E-state index in [1.807, 2.05) is 29.8 Å². The Morgan fingerprint density at radius 2 is 1.83 bits per heavy atom. The summed E-state index contributed by atoms with van der Waals surface area (Å²) in [4.78, 5) is 23.5. The predicted molar refractivity (Wildman–Crippen MR) is 113 cm³/mol. The van der Waals surface area contributed by atoms with Gasteiger partial charge in [-0.25, -0.2) is 0 Å². The first-order valence-corrected chi connectivity index (χ1v) is 9.79. The van der Waals surface area contributed by atoms with Gasteiger partial charge in [0.15, 0.2) is 11.0 Å². The number of benzene rings is 2. The summed E-state index contributed by atoms with van der Waals surface area (Å²) in [6.07, 6.45) is 0. The summed E-state index contributed by atoms with van der Waals surface area (Å²) in [5.74, 6) is 1.29.